The molecule has 0 aliphatic rings. The molecule has 0 atom stereocenters. The molecule has 1 aromatic rings. The minimum absolute atomic E-state index is 0.0561. The largest absolute Gasteiger partial charge is 0.282 e. The minimum atomic E-state index is -3.93. The fourth-order valence-corrected chi connectivity index (χ4v) is 3.26. The lowest BCUT2D eigenvalue weighted by Crippen LogP contribution is -2.18. The summed E-state index contributed by atoms with van der Waals surface area (Å²) in [5.74, 6) is -0.410. The summed E-state index contributed by atoms with van der Waals surface area (Å²) in [7, 11) is -7.60. The van der Waals surface area contributed by atoms with E-state index in [0.29, 0.717) is 0 Å². The topological polar surface area (TPSA) is 106 Å². The third kappa shape index (κ3) is 4.29. The van der Waals surface area contributed by atoms with Crippen LogP contribution in [0.1, 0.15) is 0 Å². The highest BCUT2D eigenvalue weighted by Gasteiger charge is 2.15. The SMILES string of the molecule is NS(=O)(=O)c1ccc(Cl)c(NS(=O)(=O)CCCl)c1. The van der Waals surface area contributed by atoms with Crippen LogP contribution in [0.3, 0.4) is 0 Å². The van der Waals surface area contributed by atoms with E-state index in [1.807, 2.05) is 0 Å². The average Bonchev–Trinajstić information content (AvgIpc) is 2.19. The zero-order valence-corrected chi connectivity index (χ0v) is 12.1. The molecule has 0 aliphatic carbocycles. The molecule has 3 N–H and O–H groups in total. The van der Waals surface area contributed by atoms with E-state index in [2.05, 4.69) is 4.72 Å². The first-order chi connectivity index (χ1) is 8.15. The maximum Gasteiger partial charge on any atom is 0.238 e. The summed E-state index contributed by atoms with van der Waals surface area (Å²) in [5, 5.41) is 4.99. The van der Waals surface area contributed by atoms with Gasteiger partial charge in [0.2, 0.25) is 20.0 Å². The number of hydrogen-bond donors (Lipinski definition) is 2. The number of rotatable bonds is 5. The molecule has 0 saturated heterocycles. The van der Waals surface area contributed by atoms with Crippen molar-refractivity contribution in [3.05, 3.63) is 23.2 Å². The van der Waals surface area contributed by atoms with Gasteiger partial charge in [-0.3, -0.25) is 4.72 Å². The molecule has 0 aliphatic heterocycles. The van der Waals surface area contributed by atoms with Gasteiger partial charge in [0.05, 0.1) is 21.4 Å². The van der Waals surface area contributed by atoms with Crippen molar-refractivity contribution in [1.82, 2.24) is 0 Å². The molecule has 10 heteroatoms. The summed E-state index contributed by atoms with van der Waals surface area (Å²) in [6.45, 7) is 0. The molecule has 0 unspecified atom stereocenters. The molecule has 0 radical (unpaired) electrons. The first kappa shape index (κ1) is 15.5. The fourth-order valence-electron chi connectivity index (χ4n) is 1.08. The Morgan fingerprint density at radius 1 is 1.22 bits per heavy atom. The molecule has 0 spiro atoms. The Balaban J connectivity index is 3.18. The molecule has 0 saturated carbocycles. The Kier molecular flexibility index (Phi) is 4.84. The Hall–Kier alpha value is -0.540. The average molecular weight is 333 g/mol. The minimum Gasteiger partial charge on any atom is -0.282 e. The molecule has 1 rings (SSSR count). The predicted molar refractivity (Wildman–Crippen MR) is 71.0 cm³/mol. The second-order valence-electron chi connectivity index (χ2n) is 3.30. The van der Waals surface area contributed by atoms with Crippen LogP contribution in [-0.2, 0) is 20.0 Å². The molecule has 102 valence electrons. The van der Waals surface area contributed by atoms with E-state index in [-0.39, 0.29) is 27.2 Å². The van der Waals surface area contributed by atoms with Gasteiger partial charge in [0.25, 0.3) is 0 Å². The number of hydrogen-bond acceptors (Lipinski definition) is 4. The third-order valence-electron chi connectivity index (χ3n) is 1.88. The normalized spacial score (nSPS) is 12.4. The number of nitrogens with one attached hydrogen (secondary N) is 1. The standard InChI is InChI=1S/C8H10Cl2N2O4S2/c9-3-4-17(13,14)12-8-5-6(18(11,15)16)1-2-7(8)10/h1-2,5,12H,3-4H2,(H2,11,15,16). The summed E-state index contributed by atoms with van der Waals surface area (Å²) in [5.41, 5.74) is -0.0618. The van der Waals surface area contributed by atoms with Crippen LogP contribution in [0.2, 0.25) is 5.02 Å². The molecular weight excluding hydrogens is 323 g/mol. The zero-order chi connectivity index (χ0) is 14.0. The molecule has 1 aromatic carbocycles. The molecule has 0 amide bonds. The van der Waals surface area contributed by atoms with Crippen LogP contribution in [0.15, 0.2) is 23.1 Å². The molecular formula is C8H10Cl2N2O4S2. The maximum absolute atomic E-state index is 11.5. The van der Waals surface area contributed by atoms with E-state index in [9.17, 15) is 16.8 Å². The summed E-state index contributed by atoms with van der Waals surface area (Å²) in [6.07, 6.45) is 0. The zero-order valence-electron chi connectivity index (χ0n) is 8.93. The van der Waals surface area contributed by atoms with Gasteiger partial charge in [-0.25, -0.2) is 22.0 Å². The van der Waals surface area contributed by atoms with Gasteiger partial charge in [-0.1, -0.05) is 11.6 Å². The maximum atomic E-state index is 11.5. The summed E-state index contributed by atoms with van der Waals surface area (Å²) >= 11 is 11.1. The van der Waals surface area contributed by atoms with Gasteiger partial charge < -0.3 is 0 Å². The van der Waals surface area contributed by atoms with E-state index in [0.717, 1.165) is 6.07 Å². The molecule has 0 fully saturated rings. The molecule has 0 aromatic heterocycles. The van der Waals surface area contributed by atoms with Crippen molar-refractivity contribution in [2.45, 2.75) is 4.90 Å². The van der Waals surface area contributed by atoms with Crippen molar-refractivity contribution >= 4 is 48.9 Å². The number of nitrogens with two attached hydrogens (primary N) is 1. The van der Waals surface area contributed by atoms with Gasteiger partial charge in [-0.05, 0) is 18.2 Å². The Labute approximate surface area is 115 Å². The van der Waals surface area contributed by atoms with Gasteiger partial charge in [0, 0.05) is 5.88 Å². The Morgan fingerprint density at radius 2 is 1.83 bits per heavy atom. The molecule has 18 heavy (non-hydrogen) atoms. The second-order valence-corrected chi connectivity index (χ2v) is 7.49. The monoisotopic (exact) mass is 332 g/mol. The van der Waals surface area contributed by atoms with E-state index >= 15 is 0 Å². The van der Waals surface area contributed by atoms with Crippen LogP contribution < -0.4 is 9.86 Å². The highest BCUT2D eigenvalue weighted by Crippen LogP contribution is 2.25. The lowest BCUT2D eigenvalue weighted by atomic mass is 10.3. The Bertz CT molecular complexity index is 643. The van der Waals surface area contributed by atoms with Gasteiger partial charge in [-0.15, -0.1) is 11.6 Å². The van der Waals surface area contributed by atoms with Crippen LogP contribution in [0.4, 0.5) is 5.69 Å². The van der Waals surface area contributed by atoms with Crippen LogP contribution in [0.5, 0.6) is 0 Å². The Morgan fingerprint density at radius 3 is 2.33 bits per heavy atom. The molecule has 6 nitrogen and oxygen atoms in total. The number of primary sulfonamides is 1. The lowest BCUT2D eigenvalue weighted by Gasteiger charge is -2.09. The van der Waals surface area contributed by atoms with Crippen molar-refractivity contribution in [2.75, 3.05) is 16.4 Å². The second kappa shape index (κ2) is 5.62. The first-order valence-corrected chi connectivity index (χ1v) is 8.65. The van der Waals surface area contributed by atoms with Gasteiger partial charge in [0.1, 0.15) is 0 Å². The number of benzene rings is 1. The summed E-state index contributed by atoms with van der Waals surface area (Å²) in [6, 6.07) is 3.46. The summed E-state index contributed by atoms with van der Waals surface area (Å²) < 4.78 is 47.3. The van der Waals surface area contributed by atoms with Crippen molar-refractivity contribution in [3.63, 3.8) is 0 Å². The highest BCUT2D eigenvalue weighted by atomic mass is 35.5. The molecule has 0 bridgehead atoms. The van der Waals surface area contributed by atoms with Crippen LogP contribution in [-0.4, -0.2) is 28.5 Å². The molecule has 0 heterocycles. The fraction of sp³-hybridized carbons (Fsp3) is 0.250. The van der Waals surface area contributed by atoms with Gasteiger partial charge in [0.15, 0.2) is 0 Å². The predicted octanol–water partition coefficient (Wildman–Crippen LogP) is 0.968. The number of alkyl halides is 1. The van der Waals surface area contributed by atoms with Gasteiger partial charge >= 0.3 is 0 Å². The quantitative estimate of drug-likeness (QED) is 0.783. The number of halogens is 2. The number of sulfonamides is 2. The van der Waals surface area contributed by atoms with E-state index in [1.54, 1.807) is 0 Å². The van der Waals surface area contributed by atoms with Crippen LogP contribution >= 0.6 is 23.2 Å². The number of anilines is 1. The van der Waals surface area contributed by atoms with E-state index < -0.39 is 20.0 Å². The van der Waals surface area contributed by atoms with Gasteiger partial charge in [-0.2, -0.15) is 0 Å². The first-order valence-electron chi connectivity index (χ1n) is 4.54. The van der Waals surface area contributed by atoms with E-state index in [1.165, 1.54) is 12.1 Å². The van der Waals surface area contributed by atoms with Crippen molar-refractivity contribution < 1.29 is 16.8 Å². The lowest BCUT2D eigenvalue weighted by molar-refractivity contribution is 0.596. The summed E-state index contributed by atoms with van der Waals surface area (Å²) in [4.78, 5) is -0.240. The van der Waals surface area contributed by atoms with Crippen LogP contribution in [0.25, 0.3) is 0 Å². The third-order valence-corrected chi connectivity index (χ3v) is 4.80. The van der Waals surface area contributed by atoms with Crippen molar-refractivity contribution in [3.8, 4) is 0 Å². The van der Waals surface area contributed by atoms with Crippen molar-refractivity contribution in [2.24, 2.45) is 5.14 Å². The van der Waals surface area contributed by atoms with Crippen molar-refractivity contribution in [1.29, 1.82) is 0 Å². The van der Waals surface area contributed by atoms with E-state index in [4.69, 9.17) is 28.3 Å². The smallest absolute Gasteiger partial charge is 0.238 e. The van der Waals surface area contributed by atoms with Crippen LogP contribution in [0, 0.1) is 0 Å². The highest BCUT2D eigenvalue weighted by molar-refractivity contribution is 7.92.